The van der Waals surface area contributed by atoms with E-state index in [1.165, 1.54) is 0 Å². The Morgan fingerprint density at radius 3 is 2.72 bits per heavy atom. The third-order valence-electron chi connectivity index (χ3n) is 4.23. The van der Waals surface area contributed by atoms with E-state index in [2.05, 4.69) is 6.58 Å². The van der Waals surface area contributed by atoms with Gasteiger partial charge in [0.05, 0.1) is 11.8 Å². The maximum Gasteiger partial charge on any atom is 0.310 e. The summed E-state index contributed by atoms with van der Waals surface area (Å²) in [6, 6.07) is 0. The second-order valence-electron chi connectivity index (χ2n) is 6.52. The molecule has 2 aliphatic carbocycles. The maximum absolute atomic E-state index is 12.3. The van der Waals surface area contributed by atoms with Crippen LogP contribution < -0.4 is 0 Å². The SMILES string of the molecule is C=C1C2CC3C1OC(=O)C3C2C(=O)OC(C)(C)C. The highest BCUT2D eigenvalue weighted by molar-refractivity contribution is 5.87. The van der Waals surface area contributed by atoms with Gasteiger partial charge in [0.1, 0.15) is 11.7 Å². The van der Waals surface area contributed by atoms with Gasteiger partial charge < -0.3 is 9.47 Å². The minimum absolute atomic E-state index is 0.0614. The molecule has 98 valence electrons. The second kappa shape index (κ2) is 3.37. The van der Waals surface area contributed by atoms with Gasteiger partial charge in [0.25, 0.3) is 0 Å². The highest BCUT2D eigenvalue weighted by atomic mass is 16.6. The van der Waals surface area contributed by atoms with E-state index in [9.17, 15) is 9.59 Å². The van der Waals surface area contributed by atoms with Crippen LogP contribution in [0.25, 0.3) is 0 Å². The largest absolute Gasteiger partial charge is 0.460 e. The third kappa shape index (κ3) is 1.44. The maximum atomic E-state index is 12.3. The average Bonchev–Trinajstić information content (AvgIpc) is 2.78. The van der Waals surface area contributed by atoms with E-state index in [4.69, 9.17) is 9.47 Å². The fourth-order valence-corrected chi connectivity index (χ4v) is 3.65. The van der Waals surface area contributed by atoms with Crippen LogP contribution >= 0.6 is 0 Å². The summed E-state index contributed by atoms with van der Waals surface area (Å²) in [4.78, 5) is 24.1. The highest BCUT2D eigenvalue weighted by Crippen LogP contribution is 2.60. The zero-order valence-electron chi connectivity index (χ0n) is 10.9. The number of fused-ring (bicyclic) bond motifs is 1. The summed E-state index contributed by atoms with van der Waals surface area (Å²) in [5.41, 5.74) is 0.375. The number of hydrogen-bond donors (Lipinski definition) is 0. The molecule has 0 amide bonds. The first-order valence-electron chi connectivity index (χ1n) is 6.41. The summed E-state index contributed by atoms with van der Waals surface area (Å²) >= 11 is 0. The predicted octanol–water partition coefficient (Wildman–Crippen LogP) is 1.69. The van der Waals surface area contributed by atoms with Crippen molar-refractivity contribution in [1.82, 2.24) is 0 Å². The van der Waals surface area contributed by atoms with Crippen LogP contribution in [0.2, 0.25) is 0 Å². The van der Waals surface area contributed by atoms with E-state index in [1.807, 2.05) is 20.8 Å². The molecule has 18 heavy (non-hydrogen) atoms. The van der Waals surface area contributed by atoms with E-state index in [-0.39, 0.29) is 41.7 Å². The molecule has 0 radical (unpaired) electrons. The van der Waals surface area contributed by atoms with Gasteiger partial charge in [-0.2, -0.15) is 0 Å². The first kappa shape index (κ1) is 11.8. The molecule has 2 saturated carbocycles. The number of rotatable bonds is 1. The first-order chi connectivity index (χ1) is 8.29. The van der Waals surface area contributed by atoms with Gasteiger partial charge >= 0.3 is 11.9 Å². The molecule has 4 nitrogen and oxygen atoms in total. The Kier molecular flexibility index (Phi) is 2.20. The lowest BCUT2D eigenvalue weighted by molar-refractivity contribution is -0.165. The summed E-state index contributed by atoms with van der Waals surface area (Å²) in [6.45, 7) is 9.50. The Morgan fingerprint density at radius 2 is 2.11 bits per heavy atom. The lowest BCUT2D eigenvalue weighted by atomic mass is 9.78. The van der Waals surface area contributed by atoms with Crippen molar-refractivity contribution in [3.8, 4) is 0 Å². The molecule has 1 saturated heterocycles. The number of carbonyl (C=O) groups is 2. The Bertz CT molecular complexity index is 445. The molecule has 4 heteroatoms. The van der Waals surface area contributed by atoms with Crippen LogP contribution in [0.1, 0.15) is 27.2 Å². The fourth-order valence-electron chi connectivity index (χ4n) is 3.65. The van der Waals surface area contributed by atoms with Gasteiger partial charge in [-0.05, 0) is 38.7 Å². The molecular weight excluding hydrogens is 232 g/mol. The van der Waals surface area contributed by atoms with Gasteiger partial charge in [0.15, 0.2) is 0 Å². The number of ether oxygens (including phenoxy) is 2. The third-order valence-corrected chi connectivity index (χ3v) is 4.23. The molecule has 0 N–H and O–H groups in total. The molecule has 0 aromatic heterocycles. The van der Waals surface area contributed by atoms with Crippen molar-refractivity contribution in [3.05, 3.63) is 12.2 Å². The molecule has 0 spiro atoms. The smallest absolute Gasteiger partial charge is 0.310 e. The monoisotopic (exact) mass is 250 g/mol. The van der Waals surface area contributed by atoms with E-state index in [1.54, 1.807) is 0 Å². The molecule has 0 aromatic rings. The lowest BCUT2D eigenvalue weighted by Gasteiger charge is -2.28. The Hall–Kier alpha value is -1.32. The zero-order valence-corrected chi connectivity index (χ0v) is 10.9. The molecule has 1 heterocycles. The van der Waals surface area contributed by atoms with E-state index in [0.717, 1.165) is 12.0 Å². The van der Waals surface area contributed by atoms with Gasteiger partial charge in [-0.25, -0.2) is 0 Å². The Morgan fingerprint density at radius 1 is 1.44 bits per heavy atom. The van der Waals surface area contributed by atoms with Crippen molar-refractivity contribution in [1.29, 1.82) is 0 Å². The van der Waals surface area contributed by atoms with Gasteiger partial charge in [-0.15, -0.1) is 0 Å². The summed E-state index contributed by atoms with van der Waals surface area (Å²) in [7, 11) is 0. The zero-order chi connectivity index (χ0) is 13.2. The normalized spacial score (nSPS) is 41.2. The average molecular weight is 250 g/mol. The van der Waals surface area contributed by atoms with E-state index >= 15 is 0 Å². The van der Waals surface area contributed by atoms with Crippen LogP contribution in [-0.2, 0) is 19.1 Å². The van der Waals surface area contributed by atoms with Crippen LogP contribution in [0.4, 0.5) is 0 Å². The minimum Gasteiger partial charge on any atom is -0.460 e. The van der Waals surface area contributed by atoms with Crippen molar-refractivity contribution in [3.63, 3.8) is 0 Å². The topological polar surface area (TPSA) is 52.6 Å². The van der Waals surface area contributed by atoms with Crippen molar-refractivity contribution < 1.29 is 19.1 Å². The highest BCUT2D eigenvalue weighted by Gasteiger charge is 2.66. The van der Waals surface area contributed by atoms with Gasteiger partial charge in [-0.3, -0.25) is 9.59 Å². The molecule has 3 fully saturated rings. The molecule has 0 aromatic carbocycles. The molecule has 5 atom stereocenters. The van der Waals surface area contributed by atoms with Crippen molar-refractivity contribution >= 4 is 11.9 Å². The van der Waals surface area contributed by atoms with Crippen LogP contribution in [-0.4, -0.2) is 23.6 Å². The van der Waals surface area contributed by atoms with E-state index in [0.29, 0.717) is 0 Å². The number of carbonyl (C=O) groups excluding carboxylic acids is 2. The Balaban J connectivity index is 1.88. The summed E-state index contributed by atoms with van der Waals surface area (Å²) in [5.74, 6) is -1.01. The van der Waals surface area contributed by atoms with Crippen LogP contribution in [0.5, 0.6) is 0 Å². The van der Waals surface area contributed by atoms with Crippen molar-refractivity contribution in [2.45, 2.75) is 38.9 Å². The first-order valence-corrected chi connectivity index (χ1v) is 6.41. The second-order valence-corrected chi connectivity index (χ2v) is 6.52. The molecular formula is C14H18O4. The number of esters is 2. The predicted molar refractivity (Wildman–Crippen MR) is 63.4 cm³/mol. The van der Waals surface area contributed by atoms with Gasteiger partial charge in [0, 0.05) is 5.92 Å². The molecule has 1 aliphatic heterocycles. The van der Waals surface area contributed by atoms with Crippen LogP contribution in [0.3, 0.4) is 0 Å². The summed E-state index contributed by atoms with van der Waals surface area (Å²) in [5, 5.41) is 0. The molecule has 2 bridgehead atoms. The number of hydrogen-bond acceptors (Lipinski definition) is 4. The van der Waals surface area contributed by atoms with Crippen LogP contribution in [0, 0.1) is 23.7 Å². The fraction of sp³-hybridized carbons (Fsp3) is 0.714. The quantitative estimate of drug-likeness (QED) is 0.525. The summed E-state index contributed by atoms with van der Waals surface area (Å²) in [6.07, 6.45) is 0.690. The van der Waals surface area contributed by atoms with Crippen LogP contribution in [0.15, 0.2) is 12.2 Å². The van der Waals surface area contributed by atoms with Gasteiger partial charge in [-0.1, -0.05) is 6.58 Å². The standard InChI is InChI=1S/C14H18O4/c1-6-7-5-8-10(12(15)17-11(6)8)9(7)13(16)18-14(2,3)4/h7-11H,1,5H2,2-4H3. The van der Waals surface area contributed by atoms with Crippen molar-refractivity contribution in [2.24, 2.45) is 23.7 Å². The molecule has 3 aliphatic rings. The van der Waals surface area contributed by atoms with Crippen molar-refractivity contribution in [2.75, 3.05) is 0 Å². The molecule has 5 unspecified atom stereocenters. The van der Waals surface area contributed by atoms with E-state index < -0.39 is 5.60 Å². The van der Waals surface area contributed by atoms with Gasteiger partial charge in [0.2, 0.25) is 0 Å². The Labute approximate surface area is 106 Å². The minimum atomic E-state index is -0.526. The lowest BCUT2D eigenvalue weighted by Crippen LogP contribution is -2.37. The summed E-state index contributed by atoms with van der Waals surface area (Å²) < 4.78 is 10.7. The molecule has 3 rings (SSSR count).